The first-order chi connectivity index (χ1) is 5.75. The smallest absolute Gasteiger partial charge is 0.313 e. The number of rotatable bonds is 4. The third-order valence-corrected chi connectivity index (χ3v) is 2.51. The maximum atomic E-state index is 10.8. The molecule has 0 bridgehead atoms. The van der Waals surface area contributed by atoms with Crippen molar-refractivity contribution in [1.82, 2.24) is 4.98 Å². The first-order valence-corrected chi connectivity index (χ1v) is 4.76. The van der Waals surface area contributed by atoms with Gasteiger partial charge in [0.1, 0.15) is 10.9 Å². The SMILES string of the molecule is CCCC(C(=O)O)c1nccs1. The zero-order chi connectivity index (χ0) is 8.97. The molecule has 12 heavy (non-hydrogen) atoms. The summed E-state index contributed by atoms with van der Waals surface area (Å²) in [6.45, 7) is 1.98. The molecule has 0 aliphatic rings. The fraction of sp³-hybridized carbons (Fsp3) is 0.500. The van der Waals surface area contributed by atoms with E-state index in [-0.39, 0.29) is 0 Å². The van der Waals surface area contributed by atoms with Gasteiger partial charge in [-0.05, 0) is 6.42 Å². The lowest BCUT2D eigenvalue weighted by molar-refractivity contribution is -0.139. The Hall–Kier alpha value is -0.900. The largest absolute Gasteiger partial charge is 0.481 e. The number of hydrogen-bond acceptors (Lipinski definition) is 3. The molecule has 0 aliphatic carbocycles. The monoisotopic (exact) mass is 185 g/mol. The summed E-state index contributed by atoms with van der Waals surface area (Å²) in [7, 11) is 0. The first kappa shape index (κ1) is 9.19. The summed E-state index contributed by atoms with van der Waals surface area (Å²) in [4.78, 5) is 14.7. The Balaban J connectivity index is 2.73. The third-order valence-electron chi connectivity index (χ3n) is 1.62. The van der Waals surface area contributed by atoms with E-state index in [2.05, 4.69) is 4.98 Å². The van der Waals surface area contributed by atoms with Crippen LogP contribution in [-0.2, 0) is 4.79 Å². The summed E-state index contributed by atoms with van der Waals surface area (Å²) in [6.07, 6.45) is 3.19. The van der Waals surface area contributed by atoms with Crippen molar-refractivity contribution in [1.29, 1.82) is 0 Å². The quantitative estimate of drug-likeness (QED) is 0.781. The molecule has 1 heterocycles. The summed E-state index contributed by atoms with van der Waals surface area (Å²) in [5, 5.41) is 11.4. The Morgan fingerprint density at radius 3 is 3.00 bits per heavy atom. The minimum absolute atomic E-state index is 0.407. The minimum atomic E-state index is -0.771. The van der Waals surface area contributed by atoms with Gasteiger partial charge in [0, 0.05) is 11.6 Å². The number of carbonyl (C=O) groups is 1. The fourth-order valence-electron chi connectivity index (χ4n) is 1.05. The van der Waals surface area contributed by atoms with E-state index in [9.17, 15) is 4.79 Å². The van der Waals surface area contributed by atoms with Crippen LogP contribution in [0.15, 0.2) is 11.6 Å². The van der Waals surface area contributed by atoms with E-state index in [0.29, 0.717) is 11.4 Å². The Kier molecular flexibility index (Phi) is 3.22. The van der Waals surface area contributed by atoms with Crippen LogP contribution in [0.3, 0.4) is 0 Å². The second-order valence-electron chi connectivity index (χ2n) is 2.55. The van der Waals surface area contributed by atoms with E-state index >= 15 is 0 Å². The fourth-order valence-corrected chi connectivity index (χ4v) is 1.81. The molecule has 1 aromatic rings. The molecule has 1 aromatic heterocycles. The van der Waals surface area contributed by atoms with Crippen LogP contribution in [0.25, 0.3) is 0 Å². The van der Waals surface area contributed by atoms with Crippen LogP contribution in [0.5, 0.6) is 0 Å². The van der Waals surface area contributed by atoms with E-state index < -0.39 is 11.9 Å². The Morgan fingerprint density at radius 1 is 1.83 bits per heavy atom. The molecule has 4 heteroatoms. The van der Waals surface area contributed by atoms with Crippen molar-refractivity contribution in [3.8, 4) is 0 Å². The lowest BCUT2D eigenvalue weighted by atomic mass is 10.1. The molecule has 1 N–H and O–H groups in total. The number of nitrogens with zero attached hydrogens (tertiary/aromatic N) is 1. The van der Waals surface area contributed by atoms with Gasteiger partial charge in [0.2, 0.25) is 0 Å². The predicted octanol–water partition coefficient (Wildman–Crippen LogP) is 2.11. The average Bonchev–Trinajstić information content (AvgIpc) is 2.51. The second kappa shape index (κ2) is 4.21. The van der Waals surface area contributed by atoms with Gasteiger partial charge < -0.3 is 5.11 Å². The van der Waals surface area contributed by atoms with Crippen LogP contribution < -0.4 is 0 Å². The Morgan fingerprint density at radius 2 is 2.58 bits per heavy atom. The van der Waals surface area contributed by atoms with Gasteiger partial charge in [-0.2, -0.15) is 0 Å². The molecule has 0 saturated heterocycles. The zero-order valence-electron chi connectivity index (χ0n) is 6.86. The lowest BCUT2D eigenvalue weighted by Gasteiger charge is -2.06. The Bertz CT molecular complexity index is 246. The topological polar surface area (TPSA) is 50.2 Å². The molecular weight excluding hydrogens is 174 g/mol. The zero-order valence-corrected chi connectivity index (χ0v) is 7.67. The normalized spacial score (nSPS) is 12.8. The lowest BCUT2D eigenvalue weighted by Crippen LogP contribution is -2.10. The first-order valence-electron chi connectivity index (χ1n) is 3.88. The van der Waals surface area contributed by atoms with Crippen LogP contribution >= 0.6 is 11.3 Å². The van der Waals surface area contributed by atoms with E-state index in [1.54, 1.807) is 11.6 Å². The molecule has 1 rings (SSSR count). The van der Waals surface area contributed by atoms with Crippen LogP contribution in [0, 0.1) is 0 Å². The molecule has 0 aliphatic heterocycles. The number of carboxylic acid groups (broad SMARTS) is 1. The highest BCUT2D eigenvalue weighted by Crippen LogP contribution is 2.22. The van der Waals surface area contributed by atoms with Crippen LogP contribution in [0.2, 0.25) is 0 Å². The van der Waals surface area contributed by atoms with Gasteiger partial charge in [0.15, 0.2) is 0 Å². The van der Waals surface area contributed by atoms with Gasteiger partial charge in [-0.15, -0.1) is 11.3 Å². The summed E-state index contributed by atoms with van der Waals surface area (Å²) >= 11 is 1.41. The molecule has 66 valence electrons. The molecule has 0 radical (unpaired) electrons. The van der Waals surface area contributed by atoms with Crippen molar-refractivity contribution >= 4 is 17.3 Å². The van der Waals surface area contributed by atoms with Crippen molar-refractivity contribution in [3.63, 3.8) is 0 Å². The molecule has 0 saturated carbocycles. The minimum Gasteiger partial charge on any atom is -0.481 e. The van der Waals surface area contributed by atoms with Gasteiger partial charge in [-0.3, -0.25) is 4.79 Å². The standard InChI is InChI=1S/C8H11NO2S/c1-2-3-6(8(10)11)7-9-4-5-12-7/h4-6H,2-3H2,1H3,(H,10,11). The van der Waals surface area contributed by atoms with Gasteiger partial charge >= 0.3 is 5.97 Å². The summed E-state index contributed by atoms with van der Waals surface area (Å²) < 4.78 is 0. The molecule has 1 atom stereocenters. The number of hydrogen-bond donors (Lipinski definition) is 1. The highest BCUT2D eigenvalue weighted by Gasteiger charge is 2.20. The van der Waals surface area contributed by atoms with Gasteiger partial charge in [-0.25, -0.2) is 4.98 Å². The number of thiazole rings is 1. The van der Waals surface area contributed by atoms with Crippen molar-refractivity contribution in [2.24, 2.45) is 0 Å². The molecule has 3 nitrogen and oxygen atoms in total. The molecule has 0 amide bonds. The number of aliphatic carboxylic acids is 1. The van der Waals surface area contributed by atoms with E-state index in [0.717, 1.165) is 6.42 Å². The van der Waals surface area contributed by atoms with Crippen molar-refractivity contribution < 1.29 is 9.90 Å². The van der Waals surface area contributed by atoms with Crippen LogP contribution in [-0.4, -0.2) is 16.1 Å². The molecule has 0 spiro atoms. The Labute approximate surface area is 75.1 Å². The highest BCUT2D eigenvalue weighted by atomic mass is 32.1. The molecule has 0 aromatic carbocycles. The van der Waals surface area contributed by atoms with Gasteiger partial charge in [0.05, 0.1) is 0 Å². The number of aromatic nitrogens is 1. The maximum Gasteiger partial charge on any atom is 0.313 e. The van der Waals surface area contributed by atoms with Gasteiger partial charge in [0.25, 0.3) is 0 Å². The van der Waals surface area contributed by atoms with Crippen molar-refractivity contribution in [3.05, 3.63) is 16.6 Å². The van der Waals surface area contributed by atoms with Crippen molar-refractivity contribution in [2.45, 2.75) is 25.7 Å². The van der Waals surface area contributed by atoms with E-state index in [1.165, 1.54) is 11.3 Å². The highest BCUT2D eigenvalue weighted by molar-refractivity contribution is 7.09. The van der Waals surface area contributed by atoms with Crippen LogP contribution in [0.1, 0.15) is 30.7 Å². The average molecular weight is 185 g/mol. The van der Waals surface area contributed by atoms with Crippen molar-refractivity contribution in [2.75, 3.05) is 0 Å². The van der Waals surface area contributed by atoms with E-state index in [1.807, 2.05) is 6.92 Å². The summed E-state index contributed by atoms with van der Waals surface area (Å²) in [5.41, 5.74) is 0. The molecule has 0 fully saturated rings. The summed E-state index contributed by atoms with van der Waals surface area (Å²) in [6, 6.07) is 0. The second-order valence-corrected chi connectivity index (χ2v) is 3.48. The van der Waals surface area contributed by atoms with E-state index in [4.69, 9.17) is 5.11 Å². The summed E-state index contributed by atoms with van der Waals surface area (Å²) in [5.74, 6) is -1.18. The molecule has 1 unspecified atom stereocenters. The maximum absolute atomic E-state index is 10.8. The third kappa shape index (κ3) is 2.04. The van der Waals surface area contributed by atoms with Gasteiger partial charge in [-0.1, -0.05) is 13.3 Å². The van der Waals surface area contributed by atoms with Crippen LogP contribution in [0.4, 0.5) is 0 Å². The number of carboxylic acids is 1. The molecular formula is C8H11NO2S. The predicted molar refractivity (Wildman–Crippen MR) is 47.4 cm³/mol.